The van der Waals surface area contributed by atoms with E-state index in [4.69, 9.17) is 9.47 Å². The summed E-state index contributed by atoms with van der Waals surface area (Å²) in [5.41, 5.74) is 0.249. The summed E-state index contributed by atoms with van der Waals surface area (Å²) in [7, 11) is 2.23. The molecule has 0 amide bonds. The van der Waals surface area contributed by atoms with Gasteiger partial charge in [-0.3, -0.25) is 14.1 Å². The van der Waals surface area contributed by atoms with Crippen LogP contribution in [0.1, 0.15) is 66.2 Å². The van der Waals surface area contributed by atoms with Crippen LogP contribution in [0.4, 0.5) is 0 Å². The third kappa shape index (κ3) is 2.16. The predicted molar refractivity (Wildman–Crippen MR) is 130 cm³/mol. The topological polar surface area (TPSA) is 93.1 Å². The van der Waals surface area contributed by atoms with Gasteiger partial charge in [0.05, 0.1) is 36.4 Å². The minimum atomic E-state index is -0.627. The molecular weight excluding hydrogens is 458 g/mol. The molecule has 9 fully saturated rings. The third-order valence-electron chi connectivity index (χ3n) is 13.0. The van der Waals surface area contributed by atoms with Gasteiger partial charge in [0.15, 0.2) is 6.23 Å². The van der Waals surface area contributed by atoms with Gasteiger partial charge in [0.25, 0.3) is 0 Å². The Balaban J connectivity index is 1.40. The van der Waals surface area contributed by atoms with Crippen molar-refractivity contribution >= 4 is 11.9 Å². The molecule has 0 aromatic heterocycles. The van der Waals surface area contributed by atoms with Crippen LogP contribution in [-0.2, 0) is 19.1 Å². The molecule has 9 aliphatic rings. The Kier molecular flexibility index (Phi) is 4.44. The van der Waals surface area contributed by atoms with Gasteiger partial charge in [-0.1, -0.05) is 39.8 Å². The molecule has 36 heavy (non-hydrogen) atoms. The first kappa shape index (κ1) is 23.7. The number of hydrogen-bond donors (Lipinski definition) is 2. The molecule has 0 aromatic carbocycles. The first-order valence-corrected chi connectivity index (χ1v) is 14.2. The number of rotatable bonds is 5. The molecule has 3 unspecified atom stereocenters. The first-order chi connectivity index (χ1) is 16.9. The number of quaternary nitrogens is 1. The highest BCUT2D eigenvalue weighted by Gasteiger charge is 2.97. The van der Waals surface area contributed by atoms with Gasteiger partial charge in [-0.15, -0.1) is 0 Å². The number of carbonyl (C=O) groups is 2. The van der Waals surface area contributed by atoms with Gasteiger partial charge < -0.3 is 19.7 Å². The fraction of sp³-hybridized carbons (Fsp3) is 0.862. The van der Waals surface area contributed by atoms with Gasteiger partial charge >= 0.3 is 11.9 Å². The fourth-order valence-electron chi connectivity index (χ4n) is 12.4. The van der Waals surface area contributed by atoms with E-state index in [1.165, 1.54) is 0 Å². The Bertz CT molecular complexity index is 1080. The van der Waals surface area contributed by atoms with Crippen molar-refractivity contribution in [2.24, 2.45) is 45.8 Å². The first-order valence-electron chi connectivity index (χ1n) is 14.2. The maximum atomic E-state index is 13.1. The van der Waals surface area contributed by atoms with E-state index in [-0.39, 0.29) is 69.9 Å². The summed E-state index contributed by atoms with van der Waals surface area (Å²) in [4.78, 5) is 25.6. The van der Waals surface area contributed by atoms with Crippen molar-refractivity contribution in [1.82, 2.24) is 0 Å². The minimum Gasteiger partial charge on any atom is -0.462 e. The van der Waals surface area contributed by atoms with Crippen LogP contribution in [0, 0.1) is 45.8 Å². The van der Waals surface area contributed by atoms with E-state index < -0.39 is 18.4 Å². The zero-order valence-corrected chi connectivity index (χ0v) is 22.3. The summed E-state index contributed by atoms with van der Waals surface area (Å²) < 4.78 is 13.0. The lowest BCUT2D eigenvalue weighted by Crippen LogP contribution is -2.72. The Morgan fingerprint density at radius 3 is 2.56 bits per heavy atom. The van der Waals surface area contributed by atoms with Crippen LogP contribution < -0.4 is 0 Å². The van der Waals surface area contributed by atoms with E-state index in [1.807, 2.05) is 20.8 Å². The normalized spacial score (nSPS) is 59.4. The van der Waals surface area contributed by atoms with E-state index >= 15 is 0 Å². The SMILES string of the molecule is C=C1C[C@@]23C[C@H]4[C@@H]5[C@@]6(C)C[C@H](OC(=O)CC)C[C@@]57[C@@H]2[C@H](O)[C@@H]1C(OC(=O)[C@@H](C)CC)C3[C@H]7[N+]4(C)[C@H]6O. The highest BCUT2D eigenvalue weighted by Crippen LogP contribution is 2.89. The van der Waals surface area contributed by atoms with E-state index in [1.54, 1.807) is 0 Å². The standard InChI is InChI=1S/C29H42NO6/c1-7-13(3)25(33)36-21-18-14(4)9-28-12-16-22-27(5)10-15(35-17(31)8-2)11-29(22,23(28)20(18)32)24(19(21)28)30(16,6)26(27)34/h13,15-16,18-24,26,32,34H,4,7-12H2,1-3,5-6H3/q+1/t13-,15-,16-,18+,19?,20+,21?,22+,23+,24+,26-,27+,28-,29-,30?/m0/s1. The quantitative estimate of drug-likeness (QED) is 0.343. The average Bonchev–Trinajstić information content (AvgIpc) is 3.14. The number of ether oxygens (including phenoxy) is 2. The van der Waals surface area contributed by atoms with E-state index in [2.05, 4.69) is 20.6 Å². The second-order valence-electron chi connectivity index (χ2n) is 14.1. The molecule has 7 nitrogen and oxygen atoms in total. The molecule has 2 spiro atoms. The molecule has 9 rings (SSSR count). The highest BCUT2D eigenvalue weighted by molar-refractivity contribution is 5.72. The van der Waals surface area contributed by atoms with Crippen LogP contribution in [0.2, 0.25) is 0 Å². The molecule has 7 heteroatoms. The number of nitrogens with zero attached hydrogens (tertiary/aromatic N) is 1. The number of piperidine rings is 2. The molecule has 198 valence electrons. The summed E-state index contributed by atoms with van der Waals surface area (Å²) in [6.45, 7) is 12.3. The van der Waals surface area contributed by atoms with Crippen molar-refractivity contribution in [1.29, 1.82) is 0 Å². The molecule has 0 aromatic rings. The number of aliphatic hydroxyl groups is 2. The Labute approximate surface area is 213 Å². The third-order valence-corrected chi connectivity index (χ3v) is 13.0. The Hall–Kier alpha value is -1.44. The second-order valence-corrected chi connectivity index (χ2v) is 14.1. The maximum absolute atomic E-state index is 13.1. The molecule has 3 heterocycles. The summed E-state index contributed by atoms with van der Waals surface area (Å²) >= 11 is 0. The number of esters is 2. The van der Waals surface area contributed by atoms with Crippen molar-refractivity contribution in [2.45, 2.75) is 103 Å². The van der Waals surface area contributed by atoms with Gasteiger partial charge in [-0.05, 0) is 31.1 Å². The molecular formula is C29H42NO6+. The smallest absolute Gasteiger partial charge is 0.308 e. The molecule has 3 saturated heterocycles. The lowest BCUT2D eigenvalue weighted by Gasteiger charge is -2.64. The fourth-order valence-corrected chi connectivity index (χ4v) is 12.4. The number of aliphatic hydroxyl groups excluding tert-OH is 2. The zero-order valence-electron chi connectivity index (χ0n) is 22.3. The van der Waals surface area contributed by atoms with Crippen molar-refractivity contribution in [3.63, 3.8) is 0 Å². The molecule has 6 aliphatic carbocycles. The predicted octanol–water partition coefficient (Wildman–Crippen LogP) is 2.78. The minimum absolute atomic E-state index is 0.0604. The lowest BCUT2D eigenvalue weighted by molar-refractivity contribution is -0.993. The van der Waals surface area contributed by atoms with Crippen molar-refractivity contribution < 1.29 is 33.8 Å². The van der Waals surface area contributed by atoms with Crippen LogP contribution in [0.5, 0.6) is 0 Å². The van der Waals surface area contributed by atoms with Crippen LogP contribution in [0.3, 0.4) is 0 Å². The molecule has 9 bridgehead atoms. The van der Waals surface area contributed by atoms with E-state index in [0.29, 0.717) is 29.8 Å². The molecule has 0 radical (unpaired) electrons. The molecule has 6 saturated carbocycles. The van der Waals surface area contributed by atoms with Crippen LogP contribution >= 0.6 is 0 Å². The monoisotopic (exact) mass is 500 g/mol. The summed E-state index contributed by atoms with van der Waals surface area (Å²) in [5.74, 6) is -0.435. The van der Waals surface area contributed by atoms with Crippen molar-refractivity contribution in [3.8, 4) is 0 Å². The summed E-state index contributed by atoms with van der Waals surface area (Å²) in [5, 5.41) is 24.2. The summed E-state index contributed by atoms with van der Waals surface area (Å²) in [6, 6.07) is 0.394. The maximum Gasteiger partial charge on any atom is 0.308 e. The Morgan fingerprint density at radius 2 is 1.89 bits per heavy atom. The second kappa shape index (κ2) is 6.76. The summed E-state index contributed by atoms with van der Waals surface area (Å²) in [6.07, 6.45) is 2.42. The van der Waals surface area contributed by atoms with E-state index in [0.717, 1.165) is 24.8 Å². The van der Waals surface area contributed by atoms with E-state index in [9.17, 15) is 19.8 Å². The largest absolute Gasteiger partial charge is 0.462 e. The Morgan fingerprint density at radius 1 is 1.17 bits per heavy atom. The van der Waals surface area contributed by atoms with Crippen molar-refractivity contribution in [3.05, 3.63) is 12.2 Å². The highest BCUT2D eigenvalue weighted by atomic mass is 16.5. The number of fused-ring (bicyclic) bond motifs is 1. The number of carbonyl (C=O) groups excluding carboxylic acids is 2. The molecule has 3 aliphatic heterocycles. The van der Waals surface area contributed by atoms with Gasteiger partial charge in [0.1, 0.15) is 18.2 Å². The van der Waals surface area contributed by atoms with Gasteiger partial charge in [0.2, 0.25) is 0 Å². The van der Waals surface area contributed by atoms with Gasteiger partial charge in [-0.2, -0.15) is 0 Å². The zero-order chi connectivity index (χ0) is 25.7. The van der Waals surface area contributed by atoms with Gasteiger partial charge in [0, 0.05) is 36.0 Å². The number of hydrogen-bond acceptors (Lipinski definition) is 6. The lowest BCUT2D eigenvalue weighted by atomic mass is 9.39. The molecule has 2 N–H and O–H groups in total. The average molecular weight is 501 g/mol. The van der Waals surface area contributed by atoms with Crippen molar-refractivity contribution in [2.75, 3.05) is 7.05 Å². The van der Waals surface area contributed by atoms with Crippen LogP contribution in [-0.4, -0.2) is 70.3 Å². The van der Waals surface area contributed by atoms with Gasteiger partial charge in [-0.25, -0.2) is 0 Å². The van der Waals surface area contributed by atoms with Crippen LogP contribution in [0.25, 0.3) is 0 Å². The molecule has 15 atom stereocenters. The van der Waals surface area contributed by atoms with Crippen LogP contribution in [0.15, 0.2) is 12.2 Å².